The number of anilines is 1. The number of aryl methyl sites for hydroxylation is 1. The summed E-state index contributed by atoms with van der Waals surface area (Å²) < 4.78 is 0. The van der Waals surface area contributed by atoms with Gasteiger partial charge in [-0.1, -0.05) is 36.8 Å². The molecule has 0 aliphatic heterocycles. The minimum Gasteiger partial charge on any atom is -0.399 e. The maximum absolute atomic E-state index is 5.87. The van der Waals surface area contributed by atoms with Crippen molar-refractivity contribution in [3.63, 3.8) is 0 Å². The predicted molar refractivity (Wildman–Crippen MR) is 77.6 cm³/mol. The van der Waals surface area contributed by atoms with Crippen LogP contribution >= 0.6 is 0 Å². The second-order valence-corrected chi connectivity index (χ2v) is 5.32. The Bertz CT molecular complexity index is 550. The Kier molecular flexibility index (Phi) is 2.83. The average molecular weight is 237 g/mol. The van der Waals surface area contributed by atoms with E-state index in [4.69, 9.17) is 5.73 Å². The number of nitrogens with two attached hydrogens (primary N) is 1. The van der Waals surface area contributed by atoms with Crippen LogP contribution in [0.2, 0.25) is 0 Å². The van der Waals surface area contributed by atoms with Crippen LogP contribution in [0.5, 0.6) is 0 Å². The van der Waals surface area contributed by atoms with Crippen molar-refractivity contribution < 1.29 is 0 Å². The van der Waals surface area contributed by atoms with Crippen LogP contribution in [0.4, 0.5) is 5.69 Å². The van der Waals surface area contributed by atoms with Gasteiger partial charge in [-0.05, 0) is 60.1 Å². The van der Waals surface area contributed by atoms with Gasteiger partial charge in [-0.15, -0.1) is 0 Å². The van der Waals surface area contributed by atoms with Crippen molar-refractivity contribution in [3.8, 4) is 11.1 Å². The molecule has 0 aromatic heterocycles. The third-order valence-corrected chi connectivity index (χ3v) is 4.06. The molecule has 0 amide bonds. The lowest BCUT2D eigenvalue weighted by molar-refractivity contribution is 0.420. The highest BCUT2D eigenvalue weighted by molar-refractivity contribution is 5.71. The van der Waals surface area contributed by atoms with E-state index in [1.807, 2.05) is 6.07 Å². The van der Waals surface area contributed by atoms with E-state index in [-0.39, 0.29) is 0 Å². The zero-order valence-electron chi connectivity index (χ0n) is 10.8. The van der Waals surface area contributed by atoms with Crippen molar-refractivity contribution in [2.75, 3.05) is 5.73 Å². The van der Waals surface area contributed by atoms with E-state index in [1.165, 1.54) is 41.5 Å². The fraction of sp³-hybridized carbons (Fsp3) is 0.294. The molecule has 0 saturated heterocycles. The summed E-state index contributed by atoms with van der Waals surface area (Å²) in [7, 11) is 0. The lowest BCUT2D eigenvalue weighted by Crippen LogP contribution is -2.08. The molecule has 1 saturated carbocycles. The van der Waals surface area contributed by atoms with Gasteiger partial charge >= 0.3 is 0 Å². The lowest BCUT2D eigenvalue weighted by Gasteiger charge is -2.25. The summed E-state index contributed by atoms with van der Waals surface area (Å²) >= 11 is 0. The molecule has 0 atom stereocenters. The minimum atomic E-state index is 0.806. The summed E-state index contributed by atoms with van der Waals surface area (Å²) in [5, 5.41) is 0. The van der Waals surface area contributed by atoms with Gasteiger partial charge in [-0.3, -0.25) is 0 Å². The largest absolute Gasteiger partial charge is 0.399 e. The average Bonchev–Trinajstić information content (AvgIpc) is 2.31. The summed E-state index contributed by atoms with van der Waals surface area (Å²) in [6.45, 7) is 2.13. The summed E-state index contributed by atoms with van der Waals surface area (Å²) in [5.41, 5.74) is 12.0. The maximum Gasteiger partial charge on any atom is 0.0320 e. The minimum absolute atomic E-state index is 0.806. The molecule has 0 spiro atoms. The number of hydrogen-bond acceptors (Lipinski definition) is 1. The molecule has 2 aromatic rings. The fourth-order valence-electron chi connectivity index (χ4n) is 2.63. The van der Waals surface area contributed by atoms with Crippen LogP contribution in [0.1, 0.15) is 36.3 Å². The molecule has 0 bridgehead atoms. The number of benzene rings is 2. The van der Waals surface area contributed by atoms with Crippen molar-refractivity contribution in [2.24, 2.45) is 0 Å². The van der Waals surface area contributed by atoms with E-state index in [9.17, 15) is 0 Å². The van der Waals surface area contributed by atoms with Gasteiger partial charge < -0.3 is 5.73 Å². The van der Waals surface area contributed by atoms with Gasteiger partial charge in [0.15, 0.2) is 0 Å². The molecule has 2 aromatic carbocycles. The maximum atomic E-state index is 5.87. The van der Waals surface area contributed by atoms with Gasteiger partial charge in [0.05, 0.1) is 0 Å². The Balaban J connectivity index is 1.94. The Morgan fingerprint density at radius 1 is 1.00 bits per heavy atom. The first-order valence-electron chi connectivity index (χ1n) is 6.70. The molecule has 1 heteroatoms. The fourth-order valence-corrected chi connectivity index (χ4v) is 2.63. The predicted octanol–water partition coefficient (Wildman–Crippen LogP) is 4.51. The van der Waals surface area contributed by atoms with E-state index >= 15 is 0 Å². The molecule has 1 nitrogen and oxygen atoms in total. The molecule has 92 valence electrons. The topological polar surface area (TPSA) is 26.0 Å². The molecule has 1 fully saturated rings. The first kappa shape index (κ1) is 11.3. The zero-order chi connectivity index (χ0) is 12.5. The van der Waals surface area contributed by atoms with Crippen molar-refractivity contribution in [2.45, 2.75) is 32.1 Å². The monoisotopic (exact) mass is 237 g/mol. The molecule has 2 N–H and O–H groups in total. The van der Waals surface area contributed by atoms with E-state index in [2.05, 4.69) is 43.3 Å². The Labute approximate surface area is 109 Å². The van der Waals surface area contributed by atoms with Gasteiger partial charge in [0, 0.05) is 5.69 Å². The Hall–Kier alpha value is -1.76. The quantitative estimate of drug-likeness (QED) is 0.764. The molecule has 1 aliphatic rings. The summed E-state index contributed by atoms with van der Waals surface area (Å²) in [4.78, 5) is 0. The molecule has 0 heterocycles. The second kappa shape index (κ2) is 4.49. The summed E-state index contributed by atoms with van der Waals surface area (Å²) in [6.07, 6.45) is 4.11. The van der Waals surface area contributed by atoms with E-state index < -0.39 is 0 Å². The van der Waals surface area contributed by atoms with Crippen LogP contribution in [0, 0.1) is 6.92 Å². The van der Waals surface area contributed by atoms with Crippen LogP contribution in [-0.4, -0.2) is 0 Å². The molecular formula is C17H19N. The standard InChI is InChI=1S/C17H19N/c1-12-5-10-16(18)11-17(12)15-8-6-14(7-9-15)13-3-2-4-13/h5-11,13H,2-4,18H2,1H3. The normalized spacial score (nSPS) is 15.4. The van der Waals surface area contributed by atoms with Crippen LogP contribution < -0.4 is 5.73 Å². The molecular weight excluding hydrogens is 218 g/mol. The molecule has 18 heavy (non-hydrogen) atoms. The Morgan fingerprint density at radius 3 is 2.33 bits per heavy atom. The molecule has 1 aliphatic carbocycles. The smallest absolute Gasteiger partial charge is 0.0320 e. The van der Waals surface area contributed by atoms with Gasteiger partial charge in [0.1, 0.15) is 0 Å². The lowest BCUT2D eigenvalue weighted by atomic mass is 9.80. The second-order valence-electron chi connectivity index (χ2n) is 5.32. The van der Waals surface area contributed by atoms with Gasteiger partial charge in [0.25, 0.3) is 0 Å². The highest BCUT2D eigenvalue weighted by Crippen LogP contribution is 2.37. The summed E-state index contributed by atoms with van der Waals surface area (Å²) in [5.74, 6) is 0.806. The zero-order valence-corrected chi connectivity index (χ0v) is 10.8. The van der Waals surface area contributed by atoms with Gasteiger partial charge in [-0.25, -0.2) is 0 Å². The first-order chi connectivity index (χ1) is 8.74. The van der Waals surface area contributed by atoms with Gasteiger partial charge in [-0.2, -0.15) is 0 Å². The van der Waals surface area contributed by atoms with E-state index in [0.717, 1.165) is 11.6 Å². The van der Waals surface area contributed by atoms with Crippen LogP contribution in [-0.2, 0) is 0 Å². The number of nitrogen functional groups attached to an aromatic ring is 1. The number of rotatable bonds is 2. The first-order valence-corrected chi connectivity index (χ1v) is 6.70. The van der Waals surface area contributed by atoms with Crippen LogP contribution in [0.15, 0.2) is 42.5 Å². The van der Waals surface area contributed by atoms with E-state index in [1.54, 1.807) is 0 Å². The highest BCUT2D eigenvalue weighted by Gasteiger charge is 2.19. The third-order valence-electron chi connectivity index (χ3n) is 4.06. The SMILES string of the molecule is Cc1ccc(N)cc1-c1ccc(C2CCC2)cc1. The van der Waals surface area contributed by atoms with Crippen LogP contribution in [0.25, 0.3) is 11.1 Å². The van der Waals surface area contributed by atoms with E-state index in [0.29, 0.717) is 0 Å². The Morgan fingerprint density at radius 2 is 1.72 bits per heavy atom. The molecule has 3 rings (SSSR count). The van der Waals surface area contributed by atoms with Crippen molar-refractivity contribution in [3.05, 3.63) is 53.6 Å². The summed E-state index contributed by atoms with van der Waals surface area (Å²) in [6, 6.07) is 15.1. The van der Waals surface area contributed by atoms with Gasteiger partial charge in [0.2, 0.25) is 0 Å². The third kappa shape index (κ3) is 2.01. The van der Waals surface area contributed by atoms with Crippen molar-refractivity contribution in [1.29, 1.82) is 0 Å². The van der Waals surface area contributed by atoms with Crippen molar-refractivity contribution in [1.82, 2.24) is 0 Å². The molecule has 0 radical (unpaired) electrons. The van der Waals surface area contributed by atoms with Crippen LogP contribution in [0.3, 0.4) is 0 Å². The molecule has 0 unspecified atom stereocenters. The highest BCUT2D eigenvalue weighted by atomic mass is 14.5. The number of hydrogen-bond donors (Lipinski definition) is 1. The van der Waals surface area contributed by atoms with Crippen molar-refractivity contribution >= 4 is 5.69 Å².